The third-order valence-electron chi connectivity index (χ3n) is 3.17. The molecule has 0 spiro atoms. The molecule has 1 aromatic rings. The fraction of sp³-hybridized carbons (Fsp3) is 0.588. The number of rotatable bonds is 4. The molecule has 0 radical (unpaired) electrons. The zero-order valence-electron chi connectivity index (χ0n) is 13.4. The summed E-state index contributed by atoms with van der Waals surface area (Å²) >= 11 is 0. The van der Waals surface area contributed by atoms with Gasteiger partial charge in [-0.3, -0.25) is 4.79 Å². The normalized spacial score (nSPS) is 14.1. The van der Waals surface area contributed by atoms with Crippen LogP contribution >= 0.6 is 0 Å². The Morgan fingerprint density at radius 2 is 1.60 bits per heavy atom. The number of carboxylic acids is 1. The summed E-state index contributed by atoms with van der Waals surface area (Å²) < 4.78 is 0. The van der Waals surface area contributed by atoms with E-state index in [4.69, 9.17) is 5.11 Å². The highest BCUT2D eigenvalue weighted by Gasteiger charge is 2.22. The lowest BCUT2D eigenvalue weighted by molar-refractivity contribution is -0.137. The van der Waals surface area contributed by atoms with Crippen LogP contribution in [0.1, 0.15) is 65.1 Å². The van der Waals surface area contributed by atoms with Gasteiger partial charge in [0.2, 0.25) is 0 Å². The van der Waals surface area contributed by atoms with E-state index in [0.29, 0.717) is 0 Å². The zero-order chi connectivity index (χ0) is 15.6. The quantitative estimate of drug-likeness (QED) is 0.878. The Bertz CT molecular complexity index is 449. The number of nitrogens with one attached hydrogen (secondary N) is 1. The van der Waals surface area contributed by atoms with Gasteiger partial charge < -0.3 is 10.4 Å². The number of aliphatic carboxylic acids is 1. The Kier molecular flexibility index (Phi) is 4.98. The van der Waals surface area contributed by atoms with E-state index in [1.807, 2.05) is 32.9 Å². The average molecular weight is 277 g/mol. The molecular weight excluding hydrogens is 250 g/mol. The summed E-state index contributed by atoms with van der Waals surface area (Å²) in [6.45, 7) is 12.7. The lowest BCUT2D eigenvalue weighted by atomic mass is 9.86. The minimum absolute atomic E-state index is 0.0894. The van der Waals surface area contributed by atoms with Gasteiger partial charge in [-0.25, -0.2) is 0 Å². The minimum Gasteiger partial charge on any atom is -0.481 e. The first kappa shape index (κ1) is 16.7. The van der Waals surface area contributed by atoms with Gasteiger partial charge in [0, 0.05) is 11.6 Å². The van der Waals surface area contributed by atoms with E-state index in [0.717, 1.165) is 5.56 Å². The van der Waals surface area contributed by atoms with Crippen LogP contribution in [-0.4, -0.2) is 16.6 Å². The Balaban J connectivity index is 2.99. The lowest BCUT2D eigenvalue weighted by Crippen LogP contribution is -2.39. The van der Waals surface area contributed by atoms with Crippen LogP contribution in [-0.2, 0) is 10.2 Å². The lowest BCUT2D eigenvalue weighted by Gasteiger charge is -2.28. The molecule has 0 bridgehead atoms. The van der Waals surface area contributed by atoms with Crippen molar-refractivity contribution in [1.29, 1.82) is 0 Å². The smallest absolute Gasteiger partial charge is 0.305 e. The molecule has 0 unspecified atom stereocenters. The van der Waals surface area contributed by atoms with Gasteiger partial charge in [0.25, 0.3) is 0 Å². The van der Waals surface area contributed by atoms with E-state index < -0.39 is 5.97 Å². The topological polar surface area (TPSA) is 49.3 Å². The van der Waals surface area contributed by atoms with Crippen LogP contribution in [0.2, 0.25) is 0 Å². The highest BCUT2D eigenvalue weighted by atomic mass is 16.4. The van der Waals surface area contributed by atoms with Crippen molar-refractivity contribution >= 4 is 5.97 Å². The van der Waals surface area contributed by atoms with Crippen molar-refractivity contribution in [3.8, 4) is 0 Å². The first-order valence-corrected chi connectivity index (χ1v) is 7.09. The van der Waals surface area contributed by atoms with Crippen LogP contribution in [0.5, 0.6) is 0 Å². The summed E-state index contributed by atoms with van der Waals surface area (Å²) in [6.07, 6.45) is 0.0894. The van der Waals surface area contributed by atoms with E-state index >= 15 is 0 Å². The van der Waals surface area contributed by atoms with Crippen molar-refractivity contribution in [2.75, 3.05) is 0 Å². The van der Waals surface area contributed by atoms with Crippen molar-refractivity contribution in [2.45, 2.75) is 65.0 Å². The van der Waals surface area contributed by atoms with Gasteiger partial charge in [-0.05, 0) is 37.3 Å². The Labute approximate surface area is 122 Å². The van der Waals surface area contributed by atoms with Gasteiger partial charge in [-0.1, -0.05) is 45.0 Å². The summed E-state index contributed by atoms with van der Waals surface area (Å²) in [6, 6.07) is 8.09. The van der Waals surface area contributed by atoms with Crippen LogP contribution in [0.25, 0.3) is 0 Å². The SMILES string of the molecule is CC(C)(C)N[C@@H](CC(=O)O)c1ccc(C(C)(C)C)cc1. The monoisotopic (exact) mass is 277 g/mol. The third-order valence-corrected chi connectivity index (χ3v) is 3.17. The molecular formula is C17H27NO2. The number of hydrogen-bond acceptors (Lipinski definition) is 2. The van der Waals surface area contributed by atoms with Crippen molar-refractivity contribution in [3.05, 3.63) is 35.4 Å². The van der Waals surface area contributed by atoms with Crippen molar-refractivity contribution in [1.82, 2.24) is 5.32 Å². The molecule has 0 saturated heterocycles. The Hall–Kier alpha value is -1.35. The van der Waals surface area contributed by atoms with Crippen LogP contribution in [0, 0.1) is 0 Å². The van der Waals surface area contributed by atoms with Gasteiger partial charge in [0.15, 0.2) is 0 Å². The fourth-order valence-electron chi connectivity index (χ4n) is 2.16. The van der Waals surface area contributed by atoms with E-state index in [9.17, 15) is 4.79 Å². The second-order valence-corrected chi connectivity index (χ2v) is 7.42. The molecule has 112 valence electrons. The Morgan fingerprint density at radius 1 is 1.10 bits per heavy atom. The highest BCUT2D eigenvalue weighted by Crippen LogP contribution is 2.26. The predicted octanol–water partition coefficient (Wildman–Crippen LogP) is 3.89. The number of hydrogen-bond donors (Lipinski definition) is 2. The standard InChI is InChI=1S/C17H27NO2/c1-16(2,3)13-9-7-12(8-10-13)14(11-15(19)20)18-17(4,5)6/h7-10,14,18H,11H2,1-6H3,(H,19,20)/t14-/m0/s1. The molecule has 2 N–H and O–H groups in total. The molecule has 20 heavy (non-hydrogen) atoms. The fourth-order valence-corrected chi connectivity index (χ4v) is 2.16. The molecule has 1 rings (SSSR count). The summed E-state index contributed by atoms with van der Waals surface area (Å²) in [4.78, 5) is 11.1. The molecule has 1 atom stereocenters. The van der Waals surface area contributed by atoms with Crippen molar-refractivity contribution in [3.63, 3.8) is 0 Å². The van der Waals surface area contributed by atoms with E-state index in [-0.39, 0.29) is 23.4 Å². The van der Waals surface area contributed by atoms with E-state index in [2.05, 4.69) is 38.2 Å². The van der Waals surface area contributed by atoms with E-state index in [1.54, 1.807) is 0 Å². The molecule has 3 heteroatoms. The first-order valence-electron chi connectivity index (χ1n) is 7.09. The maximum atomic E-state index is 11.1. The molecule has 0 fully saturated rings. The molecule has 0 aliphatic rings. The highest BCUT2D eigenvalue weighted by molar-refractivity contribution is 5.68. The first-order chi connectivity index (χ1) is 8.99. The van der Waals surface area contributed by atoms with Gasteiger partial charge in [-0.15, -0.1) is 0 Å². The molecule has 3 nitrogen and oxygen atoms in total. The van der Waals surface area contributed by atoms with Crippen molar-refractivity contribution in [2.24, 2.45) is 0 Å². The third kappa shape index (κ3) is 5.33. The van der Waals surface area contributed by atoms with Crippen LogP contribution in [0.15, 0.2) is 24.3 Å². The summed E-state index contributed by atoms with van der Waals surface area (Å²) in [5, 5.41) is 12.5. The van der Waals surface area contributed by atoms with Gasteiger partial charge >= 0.3 is 5.97 Å². The summed E-state index contributed by atoms with van der Waals surface area (Å²) in [5.41, 5.74) is 2.27. The van der Waals surface area contributed by atoms with Crippen molar-refractivity contribution < 1.29 is 9.90 Å². The number of carboxylic acid groups (broad SMARTS) is 1. The van der Waals surface area contributed by atoms with Crippen LogP contribution in [0.4, 0.5) is 0 Å². The van der Waals surface area contributed by atoms with E-state index in [1.165, 1.54) is 5.56 Å². The second-order valence-electron chi connectivity index (χ2n) is 7.42. The molecule has 0 heterocycles. The minimum atomic E-state index is -0.786. The van der Waals surface area contributed by atoms with Gasteiger partial charge in [0.1, 0.15) is 0 Å². The Morgan fingerprint density at radius 3 is 1.95 bits per heavy atom. The molecule has 0 amide bonds. The number of carbonyl (C=O) groups is 1. The maximum Gasteiger partial charge on any atom is 0.305 e. The average Bonchev–Trinajstić information content (AvgIpc) is 2.24. The molecule has 0 saturated carbocycles. The number of benzene rings is 1. The maximum absolute atomic E-state index is 11.1. The van der Waals surface area contributed by atoms with Gasteiger partial charge in [-0.2, -0.15) is 0 Å². The largest absolute Gasteiger partial charge is 0.481 e. The second kappa shape index (κ2) is 5.96. The predicted molar refractivity (Wildman–Crippen MR) is 83.0 cm³/mol. The molecule has 1 aromatic carbocycles. The van der Waals surface area contributed by atoms with Gasteiger partial charge in [0.05, 0.1) is 6.42 Å². The van der Waals surface area contributed by atoms with Crippen LogP contribution in [0.3, 0.4) is 0 Å². The summed E-state index contributed by atoms with van der Waals surface area (Å²) in [7, 11) is 0. The zero-order valence-corrected chi connectivity index (χ0v) is 13.4. The summed E-state index contributed by atoms with van der Waals surface area (Å²) in [5.74, 6) is -0.786. The molecule has 0 aliphatic heterocycles. The molecule has 0 aliphatic carbocycles. The molecule has 0 aromatic heterocycles. The van der Waals surface area contributed by atoms with Crippen LogP contribution < -0.4 is 5.32 Å².